The molecule has 0 saturated heterocycles. The molecule has 0 saturated carbocycles. The van der Waals surface area contributed by atoms with Crippen molar-refractivity contribution in [1.82, 2.24) is 4.98 Å². The van der Waals surface area contributed by atoms with Crippen molar-refractivity contribution in [3.63, 3.8) is 0 Å². The summed E-state index contributed by atoms with van der Waals surface area (Å²) in [7, 11) is 0. The van der Waals surface area contributed by atoms with Crippen LogP contribution < -0.4 is 0 Å². The molecule has 0 aliphatic heterocycles. The third kappa shape index (κ3) is 2.42. The van der Waals surface area contributed by atoms with Crippen LogP contribution in [0.3, 0.4) is 0 Å². The van der Waals surface area contributed by atoms with Gasteiger partial charge in [-0.25, -0.2) is 13.8 Å². The van der Waals surface area contributed by atoms with Crippen LogP contribution in [0.5, 0.6) is 0 Å². The summed E-state index contributed by atoms with van der Waals surface area (Å²) in [5.74, 6) is -0.115. The van der Waals surface area contributed by atoms with Crippen molar-refractivity contribution in [3.8, 4) is 0 Å². The summed E-state index contributed by atoms with van der Waals surface area (Å²) in [6.07, 6.45) is -2.64. The fourth-order valence-corrected chi connectivity index (χ4v) is 1.34. The van der Waals surface area contributed by atoms with Crippen LogP contribution in [0, 0.1) is 0 Å². The predicted octanol–water partition coefficient (Wildman–Crippen LogP) is 4.06. The number of halogens is 5. The lowest BCUT2D eigenvalue weighted by molar-refractivity contribution is 0.150. The molecule has 13 heavy (non-hydrogen) atoms. The lowest BCUT2D eigenvalue weighted by Gasteiger charge is -2.06. The molecule has 0 fully saturated rings. The topological polar surface area (TPSA) is 12.9 Å². The second-order valence-corrected chi connectivity index (χ2v) is 3.26. The molecule has 72 valence electrons. The fourth-order valence-electron chi connectivity index (χ4n) is 0.812. The summed E-state index contributed by atoms with van der Waals surface area (Å²) in [4.78, 5) is 3.63. The molecular weight excluding hydrogens is 242 g/mol. The number of pyridine rings is 1. The Morgan fingerprint density at radius 1 is 1.38 bits per heavy atom. The summed E-state index contributed by atoms with van der Waals surface area (Å²) in [5.41, 5.74) is -0.213. The fraction of sp³-hybridized carbons (Fsp3) is 0.286. The summed E-state index contributed by atoms with van der Waals surface area (Å²) in [5, 5.41) is -0.00690. The molecule has 0 aromatic carbocycles. The van der Waals surface area contributed by atoms with Crippen molar-refractivity contribution in [1.29, 1.82) is 0 Å². The van der Waals surface area contributed by atoms with Crippen LogP contribution in [-0.2, 0) is 5.88 Å². The molecule has 0 radical (unpaired) electrons. The lowest BCUT2D eigenvalue weighted by atomic mass is 10.2. The molecule has 0 aliphatic carbocycles. The summed E-state index contributed by atoms with van der Waals surface area (Å²) >= 11 is 16.4. The van der Waals surface area contributed by atoms with Gasteiger partial charge in [0.1, 0.15) is 5.15 Å². The second-order valence-electron chi connectivity index (χ2n) is 2.23. The van der Waals surface area contributed by atoms with Crippen LogP contribution in [0.1, 0.15) is 17.7 Å². The maximum atomic E-state index is 12.3. The predicted molar refractivity (Wildman–Crippen MR) is 48.8 cm³/mol. The molecule has 0 N–H and O–H groups in total. The molecule has 1 aromatic heterocycles. The zero-order valence-electron chi connectivity index (χ0n) is 6.20. The third-order valence-corrected chi connectivity index (χ3v) is 2.33. The Kier molecular flexibility index (Phi) is 3.71. The smallest absolute Gasteiger partial charge is 0.238 e. The van der Waals surface area contributed by atoms with E-state index in [1.165, 1.54) is 0 Å². The SMILES string of the molecule is FC(F)c1cc(Cl)c(Cl)nc1CCl. The molecule has 0 amide bonds. The van der Waals surface area contributed by atoms with Gasteiger partial charge in [0.2, 0.25) is 0 Å². The Bertz CT molecular complexity index is 317. The molecule has 0 aliphatic rings. The molecule has 0 bridgehead atoms. The molecule has 0 unspecified atom stereocenters. The van der Waals surface area contributed by atoms with Gasteiger partial charge in [0, 0.05) is 5.56 Å². The van der Waals surface area contributed by atoms with Gasteiger partial charge in [-0.3, -0.25) is 0 Å². The van der Waals surface area contributed by atoms with E-state index in [0.717, 1.165) is 6.07 Å². The number of alkyl halides is 3. The summed E-state index contributed by atoms with van der Waals surface area (Å²) in [6, 6.07) is 1.08. The van der Waals surface area contributed by atoms with Crippen LogP contribution in [0.15, 0.2) is 6.07 Å². The van der Waals surface area contributed by atoms with Crippen molar-refractivity contribution < 1.29 is 8.78 Å². The van der Waals surface area contributed by atoms with E-state index >= 15 is 0 Å². The average molecular weight is 246 g/mol. The molecule has 0 atom stereocenters. The second kappa shape index (κ2) is 4.40. The standard InChI is InChI=1S/C7H4Cl3F2N/c8-2-5-3(7(11)12)1-4(9)6(10)13-5/h1,7H,2H2. The Morgan fingerprint density at radius 2 is 2.00 bits per heavy atom. The van der Waals surface area contributed by atoms with Crippen LogP contribution in [-0.4, -0.2) is 4.98 Å². The van der Waals surface area contributed by atoms with Crippen molar-refractivity contribution in [2.24, 2.45) is 0 Å². The van der Waals surface area contributed by atoms with Crippen LogP contribution in [0.25, 0.3) is 0 Å². The van der Waals surface area contributed by atoms with Crippen molar-refractivity contribution in [2.75, 3.05) is 0 Å². The van der Waals surface area contributed by atoms with E-state index in [0.29, 0.717) is 0 Å². The molecule has 1 nitrogen and oxygen atoms in total. The van der Waals surface area contributed by atoms with Crippen LogP contribution >= 0.6 is 34.8 Å². The van der Waals surface area contributed by atoms with Gasteiger partial charge < -0.3 is 0 Å². The van der Waals surface area contributed by atoms with Crippen molar-refractivity contribution in [3.05, 3.63) is 27.5 Å². The zero-order valence-corrected chi connectivity index (χ0v) is 8.47. The quantitative estimate of drug-likeness (QED) is 0.566. The van der Waals surface area contributed by atoms with Gasteiger partial charge in [-0.15, -0.1) is 11.6 Å². The minimum atomic E-state index is -2.64. The Balaban J connectivity index is 3.25. The Labute approximate surface area is 88.6 Å². The number of hydrogen-bond donors (Lipinski definition) is 0. The molecule has 0 spiro atoms. The highest BCUT2D eigenvalue weighted by molar-refractivity contribution is 6.41. The minimum absolute atomic E-state index is 0.00540. The Hall–Kier alpha value is -0.120. The molecule has 6 heteroatoms. The summed E-state index contributed by atoms with van der Waals surface area (Å²) in [6.45, 7) is 0. The van der Waals surface area contributed by atoms with Crippen LogP contribution in [0.4, 0.5) is 8.78 Å². The van der Waals surface area contributed by atoms with E-state index in [-0.39, 0.29) is 27.3 Å². The summed E-state index contributed by atoms with van der Waals surface area (Å²) < 4.78 is 24.7. The first-order chi connectivity index (χ1) is 6.06. The third-order valence-electron chi connectivity index (χ3n) is 1.41. The largest absolute Gasteiger partial charge is 0.265 e. The number of nitrogens with zero attached hydrogens (tertiary/aromatic N) is 1. The highest BCUT2D eigenvalue weighted by Gasteiger charge is 2.16. The van der Waals surface area contributed by atoms with Crippen molar-refractivity contribution >= 4 is 34.8 Å². The molecule has 1 rings (SSSR count). The van der Waals surface area contributed by atoms with E-state index in [2.05, 4.69) is 4.98 Å². The van der Waals surface area contributed by atoms with E-state index < -0.39 is 6.43 Å². The number of aromatic nitrogens is 1. The van der Waals surface area contributed by atoms with Gasteiger partial charge in [0.05, 0.1) is 16.6 Å². The van der Waals surface area contributed by atoms with Gasteiger partial charge in [-0.2, -0.15) is 0 Å². The van der Waals surface area contributed by atoms with Gasteiger partial charge in [0.25, 0.3) is 6.43 Å². The van der Waals surface area contributed by atoms with Gasteiger partial charge in [-0.05, 0) is 6.07 Å². The highest BCUT2D eigenvalue weighted by Crippen LogP contribution is 2.29. The van der Waals surface area contributed by atoms with Gasteiger partial charge >= 0.3 is 0 Å². The van der Waals surface area contributed by atoms with E-state index in [1.807, 2.05) is 0 Å². The maximum Gasteiger partial charge on any atom is 0.265 e. The van der Waals surface area contributed by atoms with Gasteiger partial charge in [-0.1, -0.05) is 23.2 Å². The van der Waals surface area contributed by atoms with Gasteiger partial charge in [0.15, 0.2) is 0 Å². The molecule has 1 aromatic rings. The average Bonchev–Trinajstić information content (AvgIpc) is 2.08. The first-order valence-corrected chi connectivity index (χ1v) is 4.54. The van der Waals surface area contributed by atoms with Crippen LogP contribution in [0.2, 0.25) is 10.2 Å². The monoisotopic (exact) mass is 245 g/mol. The first kappa shape index (κ1) is 11.0. The van der Waals surface area contributed by atoms with Crippen molar-refractivity contribution in [2.45, 2.75) is 12.3 Å². The van der Waals surface area contributed by atoms with E-state index in [4.69, 9.17) is 34.8 Å². The molecular formula is C7H4Cl3F2N. The van der Waals surface area contributed by atoms with E-state index in [1.54, 1.807) is 0 Å². The lowest BCUT2D eigenvalue weighted by Crippen LogP contribution is -1.96. The molecule has 1 heterocycles. The zero-order chi connectivity index (χ0) is 10.0. The minimum Gasteiger partial charge on any atom is -0.238 e. The maximum absolute atomic E-state index is 12.3. The first-order valence-electron chi connectivity index (χ1n) is 3.25. The highest BCUT2D eigenvalue weighted by atomic mass is 35.5. The number of hydrogen-bond acceptors (Lipinski definition) is 1. The normalized spacial score (nSPS) is 10.9. The van der Waals surface area contributed by atoms with E-state index in [9.17, 15) is 8.78 Å². The Morgan fingerprint density at radius 3 is 2.46 bits per heavy atom. The number of rotatable bonds is 2.